The number of esters is 5. The van der Waals surface area contributed by atoms with E-state index in [1.165, 1.54) is 38.9 Å². The molecule has 8 aliphatic rings. The molecule has 0 amide bonds. The zero-order valence-electron chi connectivity index (χ0n) is 69.8. The van der Waals surface area contributed by atoms with Gasteiger partial charge >= 0.3 is 35.8 Å². The summed E-state index contributed by atoms with van der Waals surface area (Å²) in [5, 5.41) is 9.27. The first-order chi connectivity index (χ1) is 52.2. The Bertz CT molecular complexity index is 2760. The zero-order valence-corrected chi connectivity index (χ0v) is 69.8. The van der Waals surface area contributed by atoms with Crippen LogP contribution in [-0.4, -0.2) is 196 Å². The molecule has 0 aromatic rings. The molecule has 8 heterocycles. The summed E-state index contributed by atoms with van der Waals surface area (Å²) in [6, 6.07) is 0. The van der Waals surface area contributed by atoms with Crippen molar-refractivity contribution < 1.29 is 124 Å². The van der Waals surface area contributed by atoms with Crippen molar-refractivity contribution in [1.82, 2.24) is 0 Å². The SMILES string of the molecule is CCOC(=O)/C(CC=O)=C1\C[C@@H](CC)O[C@H](C)C1.CCOC(=O)C(CC=O)C1C[C@@H](CC)O[C@H](C)C1.CCOC(=O)[C@H](CC(=O)OC)[C@@H]1C[C@@H](CC)O[C@H](C)C1.CC[C@@H]1CC(=O)C[C@@H](C)O1.CC[C@@H]1CC(=O)C[C@@H](C)O1.CC[C@@H]1C[C@@H]([C@@H](CC(=O)OC)C(=O)O)C[C@@H](C)O1.C[C@@H]1CC(=O)C=CO1.C[C@@H]1CC(=O)C=CO1. The molecule has 8 aliphatic heterocycles. The standard InChI is InChI=1S/C15H26O5.C14H24O4.C14H22O4.C13H22O5.2C8H14O2.2C6H8O2/c1-5-12-8-11(7-10(3)20-12)13(9-14(16)18-4)15(17)19-6-2;2*1-4-12-9-11(8-10(3)18-12)13(6-7-15)14(16)17-5-2;1-4-10-6-9(5-8(2)18-10)11(13(15)16)7-12(14)17-3;2*1-3-8-5-7(9)4-6(2)10-8;2*1-5-4-6(7)2-3-8-5/h10-13H,5-9H2,1-4H3;7,10-13H,4-6,8-9H2,1-3H3;7,10,12H,4-6,8-9H2,1-3H3;8-11H,4-7H2,1-3H3,(H,15,16);2*6,8H,3-5H2,1-2H3;2*2-3,5H,4H2,1H3/b;;13-11-;;;;;/t10-,11+,12-,13-;10-,11?,12-,13?;10-,12-;8-,9+,10-,11-;2*6-,8-;2*5-/m11111111/s1. The maximum absolute atomic E-state index is 12.1. The number of ether oxygens (including phenoxy) is 13. The second kappa shape index (κ2) is 57.4. The third kappa shape index (κ3) is 41.8. The Morgan fingerprint density at radius 2 is 0.764 bits per heavy atom. The predicted octanol–water partition coefficient (Wildman–Crippen LogP) is 13.7. The van der Waals surface area contributed by atoms with E-state index in [-0.39, 0.29) is 170 Å². The number of carboxylic acid groups (broad SMARTS) is 1. The van der Waals surface area contributed by atoms with E-state index in [1.54, 1.807) is 20.8 Å². The molecule has 0 spiro atoms. The van der Waals surface area contributed by atoms with Crippen molar-refractivity contribution in [3.8, 4) is 0 Å². The van der Waals surface area contributed by atoms with Gasteiger partial charge in [-0.1, -0.05) is 47.1 Å². The highest BCUT2D eigenvalue weighted by molar-refractivity contribution is 5.93. The van der Waals surface area contributed by atoms with Gasteiger partial charge in [-0.15, -0.1) is 0 Å². The van der Waals surface area contributed by atoms with Gasteiger partial charge in [-0.3, -0.25) is 43.2 Å². The molecule has 6 fully saturated rings. The Kier molecular flexibility index (Phi) is 53.0. The fraction of sp³-hybridized carbons (Fsp3) is 0.786. The monoisotopic (exact) mass is 1560 g/mol. The minimum Gasteiger partial charge on any atom is -0.498 e. The van der Waals surface area contributed by atoms with Gasteiger partial charge in [-0.2, -0.15) is 0 Å². The maximum atomic E-state index is 12.1. The van der Waals surface area contributed by atoms with Crippen molar-refractivity contribution in [2.75, 3.05) is 34.0 Å². The highest BCUT2D eigenvalue weighted by Gasteiger charge is 2.40. The van der Waals surface area contributed by atoms with Crippen molar-refractivity contribution in [1.29, 1.82) is 0 Å². The van der Waals surface area contributed by atoms with E-state index in [2.05, 4.69) is 39.4 Å². The number of Topliss-reactive ketones (excluding diaryl/α,β-unsaturated/α-hetero) is 2. The summed E-state index contributed by atoms with van der Waals surface area (Å²) in [6.45, 7) is 34.3. The molecule has 1 N–H and O–H groups in total. The molecule has 6 saturated heterocycles. The maximum Gasteiger partial charge on any atom is 0.334 e. The number of hydrogen-bond acceptors (Lipinski definition) is 25. The fourth-order valence-corrected chi connectivity index (χ4v) is 14.4. The minimum atomic E-state index is -0.922. The lowest BCUT2D eigenvalue weighted by Crippen LogP contribution is -2.38. The van der Waals surface area contributed by atoms with Crippen molar-refractivity contribution in [2.24, 2.45) is 35.5 Å². The third-order valence-electron chi connectivity index (χ3n) is 20.0. The molecular formula is C84H138O26. The molecule has 0 aromatic heterocycles. The van der Waals surface area contributed by atoms with Crippen molar-refractivity contribution in [3.05, 3.63) is 35.8 Å². The van der Waals surface area contributed by atoms with Crippen LogP contribution in [0.5, 0.6) is 0 Å². The van der Waals surface area contributed by atoms with E-state index < -0.39 is 23.8 Å². The Hall–Kier alpha value is -6.58. The molecule has 20 atom stereocenters. The molecule has 0 radical (unpaired) electrons. The van der Waals surface area contributed by atoms with Crippen LogP contribution < -0.4 is 0 Å². The van der Waals surface area contributed by atoms with Gasteiger partial charge in [0.1, 0.15) is 36.3 Å². The van der Waals surface area contributed by atoms with E-state index in [9.17, 15) is 62.6 Å². The smallest absolute Gasteiger partial charge is 0.334 e. The molecule has 0 bridgehead atoms. The van der Waals surface area contributed by atoms with Crippen LogP contribution in [-0.2, 0) is 119 Å². The van der Waals surface area contributed by atoms with Crippen LogP contribution in [0.15, 0.2) is 35.8 Å². The fourth-order valence-electron chi connectivity index (χ4n) is 14.4. The summed E-state index contributed by atoms with van der Waals surface area (Å²) in [5.41, 5.74) is 1.55. The highest BCUT2D eigenvalue weighted by atomic mass is 16.6. The molecule has 110 heavy (non-hydrogen) atoms. The Labute approximate surface area is 655 Å². The average Bonchev–Trinajstić information content (AvgIpc) is 0.853. The van der Waals surface area contributed by atoms with Gasteiger partial charge in [0.25, 0.3) is 0 Å². The molecule has 630 valence electrons. The number of aliphatic carboxylic acids is 1. The number of hydrogen-bond donors (Lipinski definition) is 1. The number of ketones is 4. The first-order valence-corrected chi connectivity index (χ1v) is 40.3. The molecular weight excluding hydrogens is 1420 g/mol. The lowest BCUT2D eigenvalue weighted by Gasteiger charge is -2.36. The molecule has 26 heteroatoms. The summed E-state index contributed by atoms with van der Waals surface area (Å²) in [4.78, 5) is 134. The van der Waals surface area contributed by atoms with Crippen LogP contribution in [0.2, 0.25) is 0 Å². The first kappa shape index (κ1) is 101. The van der Waals surface area contributed by atoms with E-state index in [1.807, 2.05) is 62.3 Å². The number of carbonyl (C=O) groups is 12. The van der Waals surface area contributed by atoms with Crippen LogP contribution in [0.25, 0.3) is 0 Å². The molecule has 26 nitrogen and oxygen atoms in total. The Balaban J connectivity index is 0.000000641. The van der Waals surface area contributed by atoms with Gasteiger partial charge in [0.05, 0.1) is 150 Å². The van der Waals surface area contributed by atoms with Crippen molar-refractivity contribution in [3.63, 3.8) is 0 Å². The van der Waals surface area contributed by atoms with Crippen LogP contribution in [0.3, 0.4) is 0 Å². The summed E-state index contributed by atoms with van der Waals surface area (Å²) >= 11 is 0. The zero-order chi connectivity index (χ0) is 83.0. The molecule has 8 rings (SSSR count). The quantitative estimate of drug-likeness (QED) is 0.0406. The lowest BCUT2D eigenvalue weighted by molar-refractivity contribution is -0.159. The Morgan fingerprint density at radius 3 is 1.08 bits per heavy atom. The topological polar surface area (TPSA) is 345 Å². The summed E-state index contributed by atoms with van der Waals surface area (Å²) in [7, 11) is 2.62. The van der Waals surface area contributed by atoms with Crippen LogP contribution >= 0.6 is 0 Å². The number of aldehydes is 2. The average molecular weight is 1560 g/mol. The lowest BCUT2D eigenvalue weighted by atomic mass is 9.79. The molecule has 2 unspecified atom stereocenters. The van der Waals surface area contributed by atoms with Gasteiger partial charge in [-0.05, 0) is 184 Å². The number of carboxylic acids is 1. The van der Waals surface area contributed by atoms with Gasteiger partial charge in [0, 0.05) is 69.1 Å². The van der Waals surface area contributed by atoms with Crippen LogP contribution in [0.1, 0.15) is 272 Å². The first-order valence-electron chi connectivity index (χ1n) is 40.3. The minimum absolute atomic E-state index is 0.0182. The highest BCUT2D eigenvalue weighted by Crippen LogP contribution is 2.38. The number of allylic oxidation sites excluding steroid dienone is 2. The van der Waals surface area contributed by atoms with Gasteiger partial charge in [0.15, 0.2) is 11.6 Å². The van der Waals surface area contributed by atoms with E-state index in [0.717, 1.165) is 88.8 Å². The van der Waals surface area contributed by atoms with Crippen molar-refractivity contribution >= 4 is 71.5 Å². The summed E-state index contributed by atoms with van der Waals surface area (Å²) in [6.07, 6.45) is 24.8. The number of methoxy groups -OCH3 is 2. The van der Waals surface area contributed by atoms with Crippen LogP contribution in [0.4, 0.5) is 0 Å². The summed E-state index contributed by atoms with van der Waals surface area (Å²) in [5.74, 6) is -2.74. The van der Waals surface area contributed by atoms with Gasteiger partial charge < -0.3 is 76.3 Å². The normalized spacial score (nSPS) is 29.4. The van der Waals surface area contributed by atoms with Gasteiger partial charge in [-0.25, -0.2) is 4.79 Å². The van der Waals surface area contributed by atoms with E-state index in [4.69, 9.17) is 56.8 Å². The molecule has 0 aromatic carbocycles. The number of carbonyl (C=O) groups excluding carboxylic acids is 11. The number of rotatable bonds is 24. The second-order valence-corrected chi connectivity index (χ2v) is 29.5. The Morgan fingerprint density at radius 1 is 0.418 bits per heavy atom. The van der Waals surface area contributed by atoms with Gasteiger partial charge in [0.2, 0.25) is 0 Å². The van der Waals surface area contributed by atoms with Crippen LogP contribution in [0, 0.1) is 35.5 Å². The van der Waals surface area contributed by atoms with E-state index >= 15 is 0 Å². The van der Waals surface area contributed by atoms with E-state index in [0.29, 0.717) is 94.7 Å². The largest absolute Gasteiger partial charge is 0.498 e. The predicted molar refractivity (Wildman–Crippen MR) is 412 cm³/mol. The second-order valence-electron chi connectivity index (χ2n) is 29.5. The molecule has 0 saturated carbocycles. The third-order valence-corrected chi connectivity index (χ3v) is 20.0. The molecule has 0 aliphatic carbocycles. The summed E-state index contributed by atoms with van der Waals surface area (Å²) < 4.78 is 68.4. The van der Waals surface area contributed by atoms with Crippen molar-refractivity contribution in [2.45, 2.75) is 357 Å².